The van der Waals surface area contributed by atoms with Gasteiger partial charge in [-0.25, -0.2) is 0 Å². The zero-order chi connectivity index (χ0) is 19.3. The van der Waals surface area contributed by atoms with E-state index in [0.717, 1.165) is 15.8 Å². The lowest BCUT2D eigenvalue weighted by atomic mass is 10.1. The van der Waals surface area contributed by atoms with Gasteiger partial charge < -0.3 is 15.4 Å². The van der Waals surface area contributed by atoms with E-state index in [0.29, 0.717) is 11.3 Å². The molecule has 0 bridgehead atoms. The van der Waals surface area contributed by atoms with Gasteiger partial charge in [-0.2, -0.15) is 0 Å². The number of carbonyl (C=O) groups excluding carboxylic acids is 2. The van der Waals surface area contributed by atoms with Crippen LogP contribution >= 0.6 is 15.9 Å². The minimum Gasteiger partial charge on any atom is -0.496 e. The van der Waals surface area contributed by atoms with Gasteiger partial charge in [0.05, 0.1) is 11.6 Å². The van der Waals surface area contributed by atoms with Crippen LogP contribution in [0.1, 0.15) is 42.7 Å². The van der Waals surface area contributed by atoms with Gasteiger partial charge in [-0.3, -0.25) is 9.59 Å². The molecule has 2 aromatic carbocycles. The first-order valence-corrected chi connectivity index (χ1v) is 9.21. The zero-order valence-corrected chi connectivity index (χ0v) is 17.0. The molecule has 0 spiro atoms. The van der Waals surface area contributed by atoms with Gasteiger partial charge in [-0.05, 0) is 67.0 Å². The van der Waals surface area contributed by atoms with Gasteiger partial charge in [-0.15, -0.1) is 0 Å². The van der Waals surface area contributed by atoms with Crippen molar-refractivity contribution in [3.05, 3.63) is 58.1 Å². The molecule has 0 fully saturated rings. The fourth-order valence-electron chi connectivity index (χ4n) is 2.67. The molecule has 0 radical (unpaired) electrons. The Morgan fingerprint density at radius 2 is 1.88 bits per heavy atom. The van der Waals surface area contributed by atoms with E-state index in [2.05, 4.69) is 28.2 Å². The van der Waals surface area contributed by atoms with E-state index in [9.17, 15) is 9.59 Å². The van der Waals surface area contributed by atoms with Crippen molar-refractivity contribution >= 4 is 33.3 Å². The molecule has 138 valence electrons. The number of Topliss-reactive ketones (excluding diaryl/α,β-unsaturated/α-hetero) is 1. The second-order valence-electron chi connectivity index (χ2n) is 6.29. The molecule has 2 atom stereocenters. The molecule has 0 unspecified atom stereocenters. The van der Waals surface area contributed by atoms with Crippen LogP contribution in [0.2, 0.25) is 0 Å². The molecule has 0 saturated heterocycles. The van der Waals surface area contributed by atoms with E-state index < -0.39 is 0 Å². The third-order valence-corrected chi connectivity index (χ3v) is 4.85. The number of halogens is 1. The number of nitrogens with two attached hydrogens (primary N) is 1. The summed E-state index contributed by atoms with van der Waals surface area (Å²) in [6.45, 7) is 5.42. The maximum absolute atomic E-state index is 12.5. The number of amides is 1. The molecule has 5 nitrogen and oxygen atoms in total. The van der Waals surface area contributed by atoms with E-state index in [-0.39, 0.29) is 23.8 Å². The first kappa shape index (κ1) is 20.1. The van der Waals surface area contributed by atoms with Crippen LogP contribution in [0.25, 0.3) is 0 Å². The predicted molar refractivity (Wildman–Crippen MR) is 106 cm³/mol. The van der Waals surface area contributed by atoms with Crippen LogP contribution in [-0.4, -0.2) is 24.8 Å². The normalized spacial score (nSPS) is 13.0. The number of anilines is 1. The molecule has 26 heavy (non-hydrogen) atoms. The molecule has 0 aliphatic rings. The van der Waals surface area contributed by atoms with E-state index >= 15 is 0 Å². The molecular formula is C20H24BrN2O3+. The molecule has 0 aliphatic heterocycles. The molecule has 2 rings (SSSR count). The van der Waals surface area contributed by atoms with Crippen molar-refractivity contribution in [3.8, 4) is 5.75 Å². The summed E-state index contributed by atoms with van der Waals surface area (Å²) in [4.78, 5) is 23.9. The van der Waals surface area contributed by atoms with Crippen molar-refractivity contribution in [2.45, 2.75) is 32.9 Å². The predicted octanol–water partition coefficient (Wildman–Crippen LogP) is 3.31. The van der Waals surface area contributed by atoms with Gasteiger partial charge in [0.2, 0.25) is 0 Å². The molecule has 0 heterocycles. The third kappa shape index (κ3) is 5.16. The van der Waals surface area contributed by atoms with Crippen LogP contribution in [0.3, 0.4) is 0 Å². The Morgan fingerprint density at radius 1 is 1.15 bits per heavy atom. The number of nitrogens with one attached hydrogen (secondary N) is 1. The standard InChI is InChI=1S/C20H23BrN2O3/c1-12(15-8-9-19(26-4)18(21)11-15)22-13(2)20(25)23-17-7-5-6-16(10-17)14(3)24/h5-13,22H,1-4H3,(H,23,25)/p+1/t12-,13+/m1/s1. The summed E-state index contributed by atoms with van der Waals surface area (Å²) in [6.07, 6.45) is 0. The summed E-state index contributed by atoms with van der Waals surface area (Å²) < 4.78 is 6.13. The van der Waals surface area contributed by atoms with Crippen molar-refractivity contribution in [2.75, 3.05) is 12.4 Å². The van der Waals surface area contributed by atoms with Crippen molar-refractivity contribution < 1.29 is 19.6 Å². The summed E-state index contributed by atoms with van der Waals surface area (Å²) in [5, 5.41) is 4.87. The SMILES string of the molecule is COc1ccc([C@@H](C)[NH2+][C@@H](C)C(=O)Nc2cccc(C(C)=O)c2)cc1Br. The van der Waals surface area contributed by atoms with Crippen LogP contribution < -0.4 is 15.4 Å². The van der Waals surface area contributed by atoms with Crippen molar-refractivity contribution in [3.63, 3.8) is 0 Å². The van der Waals surface area contributed by atoms with E-state index in [4.69, 9.17) is 4.74 Å². The molecule has 0 aliphatic carbocycles. The Hall–Kier alpha value is -2.18. The Balaban J connectivity index is 2.01. The molecule has 0 aromatic heterocycles. The van der Waals surface area contributed by atoms with Gasteiger partial charge in [0.1, 0.15) is 11.8 Å². The summed E-state index contributed by atoms with van der Waals surface area (Å²) in [7, 11) is 1.63. The van der Waals surface area contributed by atoms with Crippen LogP contribution in [0.5, 0.6) is 5.75 Å². The highest BCUT2D eigenvalue weighted by Crippen LogP contribution is 2.27. The van der Waals surface area contributed by atoms with Crippen molar-refractivity contribution in [1.29, 1.82) is 0 Å². The number of rotatable bonds is 7. The highest BCUT2D eigenvalue weighted by Gasteiger charge is 2.21. The van der Waals surface area contributed by atoms with Gasteiger partial charge in [0, 0.05) is 16.8 Å². The fourth-order valence-corrected chi connectivity index (χ4v) is 3.23. The Morgan fingerprint density at radius 3 is 2.50 bits per heavy atom. The molecule has 6 heteroatoms. The summed E-state index contributed by atoms with van der Waals surface area (Å²) in [5.41, 5.74) is 2.30. The number of hydrogen-bond acceptors (Lipinski definition) is 3. The van der Waals surface area contributed by atoms with Crippen LogP contribution in [0.15, 0.2) is 46.9 Å². The topological polar surface area (TPSA) is 72.0 Å². The minimum atomic E-state index is -0.285. The number of benzene rings is 2. The average Bonchev–Trinajstić information content (AvgIpc) is 2.61. The highest BCUT2D eigenvalue weighted by atomic mass is 79.9. The molecular weight excluding hydrogens is 396 g/mol. The molecule has 3 N–H and O–H groups in total. The monoisotopic (exact) mass is 419 g/mol. The Kier molecular flexibility index (Phi) is 6.94. The van der Waals surface area contributed by atoms with Gasteiger partial charge in [0.25, 0.3) is 5.91 Å². The molecule has 1 amide bonds. The maximum atomic E-state index is 12.5. The molecule has 2 aromatic rings. The van der Waals surface area contributed by atoms with E-state index in [1.165, 1.54) is 6.92 Å². The number of hydrogen-bond donors (Lipinski definition) is 2. The zero-order valence-electron chi connectivity index (χ0n) is 15.4. The second-order valence-corrected chi connectivity index (χ2v) is 7.14. The van der Waals surface area contributed by atoms with E-state index in [1.807, 2.05) is 30.4 Å². The Bertz CT molecular complexity index is 807. The fraction of sp³-hybridized carbons (Fsp3) is 0.300. The third-order valence-electron chi connectivity index (χ3n) is 4.23. The van der Waals surface area contributed by atoms with Crippen LogP contribution in [-0.2, 0) is 4.79 Å². The number of methoxy groups -OCH3 is 1. The van der Waals surface area contributed by atoms with Crippen molar-refractivity contribution in [2.24, 2.45) is 0 Å². The first-order chi connectivity index (χ1) is 12.3. The van der Waals surface area contributed by atoms with Crippen LogP contribution in [0.4, 0.5) is 5.69 Å². The number of carbonyl (C=O) groups is 2. The minimum absolute atomic E-state index is 0.0283. The lowest BCUT2D eigenvalue weighted by molar-refractivity contribution is -0.709. The maximum Gasteiger partial charge on any atom is 0.282 e. The van der Waals surface area contributed by atoms with Crippen LogP contribution in [0, 0.1) is 0 Å². The average molecular weight is 420 g/mol. The van der Waals surface area contributed by atoms with Gasteiger partial charge in [-0.1, -0.05) is 12.1 Å². The smallest absolute Gasteiger partial charge is 0.282 e. The number of quaternary nitrogens is 1. The Labute approximate surface area is 162 Å². The lowest BCUT2D eigenvalue weighted by Crippen LogP contribution is -2.91. The first-order valence-electron chi connectivity index (χ1n) is 8.42. The van der Waals surface area contributed by atoms with Gasteiger partial charge >= 0.3 is 0 Å². The summed E-state index contributed by atoms with van der Waals surface area (Å²) in [6, 6.07) is 12.7. The quantitative estimate of drug-likeness (QED) is 0.676. The van der Waals surface area contributed by atoms with Gasteiger partial charge in [0.15, 0.2) is 11.8 Å². The summed E-state index contributed by atoms with van der Waals surface area (Å²) >= 11 is 3.49. The highest BCUT2D eigenvalue weighted by molar-refractivity contribution is 9.10. The molecule has 0 saturated carbocycles. The number of ether oxygens (including phenoxy) is 1. The lowest BCUT2D eigenvalue weighted by Gasteiger charge is -2.18. The largest absolute Gasteiger partial charge is 0.496 e. The van der Waals surface area contributed by atoms with E-state index in [1.54, 1.807) is 31.4 Å². The van der Waals surface area contributed by atoms with Crippen molar-refractivity contribution in [1.82, 2.24) is 0 Å². The second kappa shape index (κ2) is 8.96. The summed E-state index contributed by atoms with van der Waals surface area (Å²) in [5.74, 6) is 0.640. The number of ketones is 1.